The first-order valence-electron chi connectivity index (χ1n) is 7.38. The lowest BCUT2D eigenvalue weighted by Crippen LogP contribution is -2.72. The zero-order valence-electron chi connectivity index (χ0n) is 12.7. The van der Waals surface area contributed by atoms with Crippen LogP contribution < -0.4 is 4.90 Å². The summed E-state index contributed by atoms with van der Waals surface area (Å²) < 4.78 is 5.35. The van der Waals surface area contributed by atoms with Crippen molar-refractivity contribution >= 4 is 5.82 Å². The number of anilines is 1. The van der Waals surface area contributed by atoms with Crippen molar-refractivity contribution in [2.24, 2.45) is 5.92 Å². The van der Waals surface area contributed by atoms with Crippen LogP contribution in [0.2, 0.25) is 0 Å². The van der Waals surface area contributed by atoms with E-state index in [2.05, 4.69) is 33.1 Å². The molecule has 0 N–H and O–H groups in total. The molecule has 1 atom stereocenters. The molecule has 5 nitrogen and oxygen atoms in total. The van der Waals surface area contributed by atoms with E-state index in [4.69, 9.17) is 4.74 Å². The lowest BCUT2D eigenvalue weighted by molar-refractivity contribution is -0.00410. The molecule has 1 aromatic rings. The first kappa shape index (κ1) is 13.8. The van der Waals surface area contributed by atoms with Gasteiger partial charge in [0.25, 0.3) is 0 Å². The maximum absolute atomic E-state index is 5.35. The summed E-state index contributed by atoms with van der Waals surface area (Å²) in [6.45, 7) is 6.14. The number of methoxy groups -OCH3 is 1. The van der Waals surface area contributed by atoms with Gasteiger partial charge in [0.05, 0.1) is 11.2 Å². The Bertz CT molecular complexity index is 455. The van der Waals surface area contributed by atoms with Crippen molar-refractivity contribution in [1.29, 1.82) is 0 Å². The SMILES string of the molecule is COCC1CCN(C)C2(C1)CN(c1ccc(C)nn1)C2. The number of likely N-dealkylation sites (tertiary alicyclic amines) is 1. The Morgan fingerprint density at radius 1 is 1.35 bits per heavy atom. The van der Waals surface area contributed by atoms with E-state index in [1.807, 2.05) is 13.0 Å². The summed E-state index contributed by atoms with van der Waals surface area (Å²) in [5.74, 6) is 1.70. The van der Waals surface area contributed by atoms with E-state index >= 15 is 0 Å². The molecule has 1 unspecified atom stereocenters. The van der Waals surface area contributed by atoms with Crippen molar-refractivity contribution in [2.45, 2.75) is 25.3 Å². The number of piperidine rings is 1. The second-order valence-electron chi connectivity index (χ2n) is 6.35. The zero-order chi connectivity index (χ0) is 14.2. The molecule has 0 amide bonds. The van der Waals surface area contributed by atoms with Gasteiger partial charge in [0.2, 0.25) is 0 Å². The van der Waals surface area contributed by atoms with E-state index < -0.39 is 0 Å². The lowest BCUT2D eigenvalue weighted by Gasteiger charge is -2.58. The molecule has 0 aromatic carbocycles. The van der Waals surface area contributed by atoms with Crippen LogP contribution in [0.3, 0.4) is 0 Å². The van der Waals surface area contributed by atoms with Crippen LogP contribution in [0.15, 0.2) is 12.1 Å². The highest BCUT2D eigenvalue weighted by Gasteiger charge is 2.49. The van der Waals surface area contributed by atoms with Crippen LogP contribution in [-0.4, -0.2) is 61.0 Å². The van der Waals surface area contributed by atoms with Crippen molar-refractivity contribution in [3.8, 4) is 0 Å². The normalized spacial score (nSPS) is 25.8. The molecule has 3 heterocycles. The topological polar surface area (TPSA) is 41.5 Å². The molecule has 110 valence electrons. The first-order valence-corrected chi connectivity index (χ1v) is 7.38. The minimum absolute atomic E-state index is 0.314. The molecular formula is C15H24N4O. The molecule has 5 heteroatoms. The van der Waals surface area contributed by atoms with Crippen molar-refractivity contribution < 1.29 is 4.74 Å². The van der Waals surface area contributed by atoms with Gasteiger partial charge in [-0.15, -0.1) is 5.10 Å². The smallest absolute Gasteiger partial charge is 0.151 e. The van der Waals surface area contributed by atoms with Crippen LogP contribution in [0.25, 0.3) is 0 Å². The Morgan fingerprint density at radius 2 is 2.15 bits per heavy atom. The van der Waals surface area contributed by atoms with Gasteiger partial charge in [-0.2, -0.15) is 5.10 Å². The highest BCUT2D eigenvalue weighted by Crippen LogP contribution is 2.39. The third-order valence-electron chi connectivity index (χ3n) is 4.83. The van der Waals surface area contributed by atoms with E-state index in [0.29, 0.717) is 11.5 Å². The quantitative estimate of drug-likeness (QED) is 0.833. The molecule has 1 aromatic heterocycles. The predicted molar refractivity (Wildman–Crippen MR) is 78.9 cm³/mol. The Hall–Kier alpha value is -1.20. The molecule has 1 spiro atoms. The second kappa shape index (κ2) is 5.30. The van der Waals surface area contributed by atoms with Crippen LogP contribution >= 0.6 is 0 Å². The van der Waals surface area contributed by atoms with Gasteiger partial charge < -0.3 is 9.64 Å². The van der Waals surface area contributed by atoms with Crippen molar-refractivity contribution in [1.82, 2.24) is 15.1 Å². The standard InChI is InChI=1S/C15H24N4O/c1-12-4-5-14(17-16-12)19-10-15(11-19)8-13(9-20-3)6-7-18(15)2/h4-5,13H,6-11H2,1-3H3. The summed E-state index contributed by atoms with van der Waals surface area (Å²) in [6.07, 6.45) is 2.48. The summed E-state index contributed by atoms with van der Waals surface area (Å²) in [7, 11) is 4.06. The van der Waals surface area contributed by atoms with Gasteiger partial charge in [0.1, 0.15) is 0 Å². The minimum atomic E-state index is 0.314. The Kier molecular flexibility index (Phi) is 3.65. The highest BCUT2D eigenvalue weighted by atomic mass is 16.5. The van der Waals surface area contributed by atoms with E-state index in [1.165, 1.54) is 19.4 Å². The molecule has 2 fully saturated rings. The number of nitrogens with zero attached hydrogens (tertiary/aromatic N) is 4. The van der Waals surface area contributed by atoms with E-state index in [0.717, 1.165) is 31.2 Å². The van der Waals surface area contributed by atoms with Gasteiger partial charge in [-0.05, 0) is 51.4 Å². The molecule has 0 bridgehead atoms. The Balaban J connectivity index is 1.65. The first-order chi connectivity index (χ1) is 9.63. The number of hydrogen-bond acceptors (Lipinski definition) is 5. The van der Waals surface area contributed by atoms with Gasteiger partial charge in [-0.25, -0.2) is 0 Å². The Morgan fingerprint density at radius 3 is 2.80 bits per heavy atom. The molecular weight excluding hydrogens is 252 g/mol. The zero-order valence-corrected chi connectivity index (χ0v) is 12.7. The van der Waals surface area contributed by atoms with Crippen molar-refractivity contribution in [3.05, 3.63) is 17.8 Å². The summed E-state index contributed by atoms with van der Waals surface area (Å²) in [5.41, 5.74) is 1.28. The van der Waals surface area contributed by atoms with E-state index in [-0.39, 0.29) is 0 Å². The third-order valence-corrected chi connectivity index (χ3v) is 4.83. The van der Waals surface area contributed by atoms with Gasteiger partial charge in [0.15, 0.2) is 5.82 Å². The van der Waals surface area contributed by atoms with E-state index in [1.54, 1.807) is 7.11 Å². The number of hydrogen-bond donors (Lipinski definition) is 0. The van der Waals surface area contributed by atoms with Crippen molar-refractivity contribution in [3.63, 3.8) is 0 Å². The lowest BCUT2D eigenvalue weighted by atomic mass is 9.75. The van der Waals surface area contributed by atoms with Crippen LogP contribution in [0, 0.1) is 12.8 Å². The summed E-state index contributed by atoms with van der Waals surface area (Å²) in [4.78, 5) is 4.86. The Labute approximate surface area is 120 Å². The monoisotopic (exact) mass is 276 g/mol. The van der Waals surface area contributed by atoms with E-state index in [9.17, 15) is 0 Å². The van der Waals surface area contributed by atoms with Gasteiger partial charge in [0, 0.05) is 26.8 Å². The number of aromatic nitrogens is 2. The molecule has 2 aliphatic heterocycles. The minimum Gasteiger partial charge on any atom is -0.384 e. The molecule has 2 saturated heterocycles. The number of aryl methyl sites for hydroxylation is 1. The van der Waals surface area contributed by atoms with Crippen LogP contribution in [0.1, 0.15) is 18.5 Å². The molecule has 0 saturated carbocycles. The maximum atomic E-state index is 5.35. The third kappa shape index (κ3) is 2.40. The molecule has 0 aliphatic carbocycles. The molecule has 20 heavy (non-hydrogen) atoms. The fraction of sp³-hybridized carbons (Fsp3) is 0.733. The molecule has 0 radical (unpaired) electrons. The number of likely N-dealkylation sites (N-methyl/N-ethyl adjacent to an activating group) is 1. The number of rotatable bonds is 3. The predicted octanol–water partition coefficient (Wildman–Crippen LogP) is 1.33. The van der Waals surface area contributed by atoms with Gasteiger partial charge >= 0.3 is 0 Å². The maximum Gasteiger partial charge on any atom is 0.151 e. The summed E-state index contributed by atoms with van der Waals surface area (Å²) in [6, 6.07) is 4.11. The summed E-state index contributed by atoms with van der Waals surface area (Å²) in [5, 5.41) is 8.45. The fourth-order valence-corrected chi connectivity index (χ4v) is 3.54. The number of ether oxygens (including phenoxy) is 1. The molecule has 3 rings (SSSR count). The largest absolute Gasteiger partial charge is 0.384 e. The van der Waals surface area contributed by atoms with Crippen LogP contribution in [0.5, 0.6) is 0 Å². The average molecular weight is 276 g/mol. The van der Waals surface area contributed by atoms with Crippen LogP contribution in [-0.2, 0) is 4.74 Å². The second-order valence-corrected chi connectivity index (χ2v) is 6.35. The van der Waals surface area contributed by atoms with Crippen LogP contribution in [0.4, 0.5) is 5.82 Å². The fourth-order valence-electron chi connectivity index (χ4n) is 3.54. The van der Waals surface area contributed by atoms with Crippen molar-refractivity contribution in [2.75, 3.05) is 45.3 Å². The van der Waals surface area contributed by atoms with Gasteiger partial charge in [-0.1, -0.05) is 0 Å². The highest BCUT2D eigenvalue weighted by molar-refractivity contribution is 5.44. The van der Waals surface area contributed by atoms with Gasteiger partial charge in [-0.3, -0.25) is 4.90 Å². The molecule has 2 aliphatic rings. The summed E-state index contributed by atoms with van der Waals surface area (Å²) >= 11 is 0. The average Bonchev–Trinajstić information content (AvgIpc) is 2.40.